The van der Waals surface area contributed by atoms with Crippen LogP contribution < -0.4 is 5.73 Å². The molecule has 2 aliphatic rings. The van der Waals surface area contributed by atoms with E-state index in [0.717, 1.165) is 31.4 Å². The number of aliphatic hydroxyl groups excluding tert-OH is 1. The second-order valence-electron chi connectivity index (χ2n) is 7.58. The minimum atomic E-state index is -0.762. The summed E-state index contributed by atoms with van der Waals surface area (Å²) < 4.78 is 0. The second-order valence-corrected chi connectivity index (χ2v) is 7.58. The van der Waals surface area contributed by atoms with Crippen LogP contribution in [0, 0.1) is 5.41 Å². The summed E-state index contributed by atoms with van der Waals surface area (Å²) in [5.41, 5.74) is 6.58. The van der Waals surface area contributed by atoms with Crippen LogP contribution in [-0.4, -0.2) is 64.0 Å². The molecule has 7 nitrogen and oxygen atoms in total. The average Bonchev–Trinajstić information content (AvgIpc) is 2.66. The molecule has 3 N–H and O–H groups in total. The van der Waals surface area contributed by atoms with Crippen molar-refractivity contribution in [3.8, 4) is 0 Å². The van der Waals surface area contributed by atoms with Gasteiger partial charge < -0.3 is 20.6 Å². The van der Waals surface area contributed by atoms with Gasteiger partial charge in [-0.05, 0) is 42.4 Å². The zero-order valence-corrected chi connectivity index (χ0v) is 15.1. The Hall–Kier alpha value is -1.99. The molecular formula is C19H28N4O3. The Morgan fingerprint density at radius 2 is 1.96 bits per heavy atom. The van der Waals surface area contributed by atoms with Gasteiger partial charge in [0, 0.05) is 51.5 Å². The lowest BCUT2D eigenvalue weighted by Crippen LogP contribution is -2.52. The van der Waals surface area contributed by atoms with Gasteiger partial charge in [0.05, 0.1) is 12.5 Å². The maximum atomic E-state index is 12.4. The highest BCUT2D eigenvalue weighted by atomic mass is 16.3. The first-order valence-electron chi connectivity index (χ1n) is 9.34. The van der Waals surface area contributed by atoms with Crippen molar-refractivity contribution in [1.29, 1.82) is 0 Å². The minimum Gasteiger partial charge on any atom is -0.391 e. The van der Waals surface area contributed by atoms with E-state index in [0.29, 0.717) is 26.1 Å². The standard InChI is InChI=1S/C19H28N4O3/c20-12-16(24)11-18(26)22-9-5-19(6-10-22)4-1-17(25)23(14-19)13-15-2-7-21-8-3-15/h2-3,7-8,16,24H,1,4-6,9-14,20H2/t16-/m1/s1. The predicted octanol–water partition coefficient (Wildman–Crippen LogP) is 0.522. The van der Waals surface area contributed by atoms with E-state index in [1.807, 2.05) is 21.9 Å². The SMILES string of the molecule is NC[C@H](O)CC(=O)N1CCC2(CCC(=O)N(Cc3ccncc3)C2)CC1. The lowest BCUT2D eigenvalue weighted by molar-refractivity contribution is -0.143. The van der Waals surface area contributed by atoms with E-state index in [2.05, 4.69) is 4.98 Å². The summed E-state index contributed by atoms with van der Waals surface area (Å²) in [6.45, 7) is 2.85. The van der Waals surface area contributed by atoms with Crippen LogP contribution in [0.1, 0.15) is 37.7 Å². The molecule has 7 heteroatoms. The lowest BCUT2D eigenvalue weighted by atomic mass is 9.72. The summed E-state index contributed by atoms with van der Waals surface area (Å²) in [5, 5.41) is 9.58. The van der Waals surface area contributed by atoms with Gasteiger partial charge in [0.2, 0.25) is 11.8 Å². The first kappa shape index (κ1) is 18.8. The highest BCUT2D eigenvalue weighted by Gasteiger charge is 2.41. The van der Waals surface area contributed by atoms with Crippen molar-refractivity contribution in [2.24, 2.45) is 11.1 Å². The number of amides is 2. The van der Waals surface area contributed by atoms with Crippen LogP contribution in [0.25, 0.3) is 0 Å². The van der Waals surface area contributed by atoms with Gasteiger partial charge in [-0.2, -0.15) is 0 Å². The van der Waals surface area contributed by atoms with Gasteiger partial charge >= 0.3 is 0 Å². The van der Waals surface area contributed by atoms with Gasteiger partial charge in [-0.3, -0.25) is 14.6 Å². The number of hydrogen-bond donors (Lipinski definition) is 2. The molecule has 0 unspecified atom stereocenters. The molecule has 2 amide bonds. The van der Waals surface area contributed by atoms with E-state index >= 15 is 0 Å². The fourth-order valence-corrected chi connectivity index (χ4v) is 4.01. The fourth-order valence-electron chi connectivity index (χ4n) is 4.01. The van der Waals surface area contributed by atoms with Crippen LogP contribution in [0.4, 0.5) is 0 Å². The van der Waals surface area contributed by atoms with E-state index in [9.17, 15) is 14.7 Å². The normalized spacial score (nSPS) is 21.1. The van der Waals surface area contributed by atoms with Crippen LogP contribution >= 0.6 is 0 Å². The number of nitrogens with two attached hydrogens (primary N) is 1. The summed E-state index contributed by atoms with van der Waals surface area (Å²) in [6, 6.07) is 3.89. The quantitative estimate of drug-likeness (QED) is 0.798. The Bertz CT molecular complexity index is 629. The largest absolute Gasteiger partial charge is 0.391 e. The van der Waals surface area contributed by atoms with Crippen molar-refractivity contribution in [3.05, 3.63) is 30.1 Å². The molecule has 142 valence electrons. The second kappa shape index (κ2) is 8.14. The highest BCUT2D eigenvalue weighted by molar-refractivity contribution is 5.78. The third-order valence-electron chi connectivity index (χ3n) is 5.73. The van der Waals surface area contributed by atoms with Crippen LogP contribution in [0.2, 0.25) is 0 Å². The average molecular weight is 360 g/mol. The molecule has 0 bridgehead atoms. The number of piperidine rings is 2. The van der Waals surface area contributed by atoms with Gasteiger partial charge in [-0.1, -0.05) is 0 Å². The van der Waals surface area contributed by atoms with E-state index in [-0.39, 0.29) is 30.2 Å². The van der Waals surface area contributed by atoms with Gasteiger partial charge in [-0.25, -0.2) is 0 Å². The summed E-state index contributed by atoms with van der Waals surface area (Å²) in [6.07, 6.45) is 6.10. The first-order chi connectivity index (χ1) is 12.5. The molecule has 1 aromatic rings. The topological polar surface area (TPSA) is 99.8 Å². The molecule has 3 rings (SSSR count). The molecule has 0 radical (unpaired) electrons. The maximum absolute atomic E-state index is 12.4. The molecular weight excluding hydrogens is 332 g/mol. The lowest BCUT2D eigenvalue weighted by Gasteiger charge is -2.47. The summed E-state index contributed by atoms with van der Waals surface area (Å²) in [5.74, 6) is 0.176. The summed E-state index contributed by atoms with van der Waals surface area (Å²) in [7, 11) is 0. The van der Waals surface area contributed by atoms with Gasteiger partial charge in [0.25, 0.3) is 0 Å². The number of likely N-dealkylation sites (tertiary alicyclic amines) is 2. The van der Waals surface area contributed by atoms with Crippen LogP contribution in [0.15, 0.2) is 24.5 Å². The number of carbonyl (C=O) groups is 2. The molecule has 3 heterocycles. The third kappa shape index (κ3) is 4.40. The van der Waals surface area contributed by atoms with Crippen LogP contribution in [0.5, 0.6) is 0 Å². The van der Waals surface area contributed by atoms with Crippen LogP contribution in [0.3, 0.4) is 0 Å². The number of pyridine rings is 1. The Morgan fingerprint density at radius 3 is 2.62 bits per heavy atom. The number of nitrogens with zero attached hydrogens (tertiary/aromatic N) is 3. The highest BCUT2D eigenvalue weighted by Crippen LogP contribution is 2.40. The number of carbonyl (C=O) groups excluding carboxylic acids is 2. The zero-order valence-electron chi connectivity index (χ0n) is 15.1. The first-order valence-corrected chi connectivity index (χ1v) is 9.34. The van der Waals surface area contributed by atoms with Crippen molar-refractivity contribution >= 4 is 11.8 Å². The molecule has 0 saturated carbocycles. The van der Waals surface area contributed by atoms with Gasteiger partial charge in [-0.15, -0.1) is 0 Å². The zero-order chi connectivity index (χ0) is 18.6. The summed E-state index contributed by atoms with van der Waals surface area (Å²) >= 11 is 0. The molecule has 0 aromatic carbocycles. The monoisotopic (exact) mass is 360 g/mol. The maximum Gasteiger partial charge on any atom is 0.225 e. The molecule has 2 saturated heterocycles. The smallest absolute Gasteiger partial charge is 0.225 e. The van der Waals surface area contributed by atoms with Crippen molar-refractivity contribution in [1.82, 2.24) is 14.8 Å². The number of aliphatic hydroxyl groups is 1. The van der Waals surface area contributed by atoms with E-state index < -0.39 is 6.10 Å². The Labute approximate surface area is 154 Å². The third-order valence-corrected chi connectivity index (χ3v) is 5.73. The van der Waals surface area contributed by atoms with E-state index in [1.54, 1.807) is 12.4 Å². The van der Waals surface area contributed by atoms with E-state index in [1.165, 1.54) is 0 Å². The molecule has 2 aliphatic heterocycles. The van der Waals surface area contributed by atoms with E-state index in [4.69, 9.17) is 5.73 Å². The Balaban J connectivity index is 1.57. The minimum absolute atomic E-state index is 0.0293. The fraction of sp³-hybridized carbons (Fsp3) is 0.632. The molecule has 2 fully saturated rings. The number of aromatic nitrogens is 1. The molecule has 1 atom stereocenters. The molecule has 1 aromatic heterocycles. The van der Waals surface area contributed by atoms with Crippen molar-refractivity contribution < 1.29 is 14.7 Å². The Kier molecular flexibility index (Phi) is 5.88. The predicted molar refractivity (Wildman–Crippen MR) is 96.8 cm³/mol. The number of rotatable bonds is 5. The Morgan fingerprint density at radius 1 is 1.27 bits per heavy atom. The molecule has 26 heavy (non-hydrogen) atoms. The summed E-state index contributed by atoms with van der Waals surface area (Å²) in [4.78, 5) is 32.4. The van der Waals surface area contributed by atoms with Crippen molar-refractivity contribution in [3.63, 3.8) is 0 Å². The van der Waals surface area contributed by atoms with Crippen molar-refractivity contribution in [2.45, 2.75) is 44.8 Å². The number of hydrogen-bond acceptors (Lipinski definition) is 5. The van der Waals surface area contributed by atoms with Gasteiger partial charge in [0.1, 0.15) is 0 Å². The van der Waals surface area contributed by atoms with Crippen LogP contribution in [-0.2, 0) is 16.1 Å². The molecule has 0 aliphatic carbocycles. The van der Waals surface area contributed by atoms with Crippen molar-refractivity contribution in [2.75, 3.05) is 26.2 Å². The van der Waals surface area contributed by atoms with Gasteiger partial charge in [0.15, 0.2) is 0 Å². The molecule has 1 spiro atoms.